The minimum atomic E-state index is -0.202. The average molecular weight is 415 g/mol. The van der Waals surface area contributed by atoms with E-state index in [9.17, 15) is 9.59 Å². The molecule has 8 heteroatoms. The van der Waals surface area contributed by atoms with E-state index < -0.39 is 0 Å². The van der Waals surface area contributed by atoms with Crippen molar-refractivity contribution in [2.24, 2.45) is 0 Å². The van der Waals surface area contributed by atoms with Crippen LogP contribution >= 0.6 is 0 Å². The van der Waals surface area contributed by atoms with E-state index in [2.05, 4.69) is 15.0 Å². The molecule has 0 aliphatic carbocycles. The second-order valence-corrected chi connectivity index (χ2v) is 7.59. The Balaban J connectivity index is 1.20. The number of carbonyl (C=O) groups excluding carboxylic acids is 1. The summed E-state index contributed by atoms with van der Waals surface area (Å²) in [5.74, 6) is 0.403. The summed E-state index contributed by atoms with van der Waals surface area (Å²) in [4.78, 5) is 40.3. The molecule has 8 nitrogen and oxygen atoms in total. The summed E-state index contributed by atoms with van der Waals surface area (Å²) >= 11 is 0. The SMILES string of the molecule is O=C(Cn1cnc2ccccc2c1=O)N1CCC(Oc2cnc3ccccc3n2)CC1. The number of nitrogens with zero attached hydrogens (tertiary/aromatic N) is 5. The smallest absolute Gasteiger partial charge is 0.261 e. The lowest BCUT2D eigenvalue weighted by Gasteiger charge is -2.32. The number of aromatic nitrogens is 4. The van der Waals surface area contributed by atoms with Gasteiger partial charge in [-0.2, -0.15) is 0 Å². The van der Waals surface area contributed by atoms with Crippen molar-refractivity contribution in [1.82, 2.24) is 24.4 Å². The number of carbonyl (C=O) groups is 1. The average Bonchev–Trinajstić information content (AvgIpc) is 2.81. The first-order chi connectivity index (χ1) is 15.2. The Labute approximate surface area is 178 Å². The van der Waals surface area contributed by atoms with Crippen molar-refractivity contribution in [2.75, 3.05) is 13.1 Å². The number of hydrogen-bond donors (Lipinski definition) is 0. The lowest BCUT2D eigenvalue weighted by molar-refractivity contribution is -0.133. The standard InChI is InChI=1S/C23H21N5O3/c29-22(14-28-15-25-18-6-2-1-5-17(18)23(28)30)27-11-9-16(10-12-27)31-21-13-24-19-7-3-4-8-20(19)26-21/h1-8,13,15-16H,9-12,14H2. The van der Waals surface area contributed by atoms with Crippen molar-refractivity contribution >= 4 is 27.8 Å². The zero-order valence-electron chi connectivity index (χ0n) is 16.8. The van der Waals surface area contributed by atoms with E-state index in [-0.39, 0.29) is 24.1 Å². The molecule has 5 rings (SSSR count). The molecule has 3 heterocycles. The van der Waals surface area contributed by atoms with Gasteiger partial charge in [-0.3, -0.25) is 14.2 Å². The first-order valence-corrected chi connectivity index (χ1v) is 10.3. The third-order valence-corrected chi connectivity index (χ3v) is 5.55. The maximum absolute atomic E-state index is 12.7. The van der Waals surface area contributed by atoms with Gasteiger partial charge in [-0.15, -0.1) is 0 Å². The molecule has 1 amide bonds. The van der Waals surface area contributed by atoms with Crippen LogP contribution in [0.15, 0.2) is 65.8 Å². The number of rotatable bonds is 4. The van der Waals surface area contributed by atoms with E-state index >= 15 is 0 Å². The third kappa shape index (κ3) is 3.96. The van der Waals surface area contributed by atoms with E-state index in [1.54, 1.807) is 29.3 Å². The molecule has 4 aromatic rings. The van der Waals surface area contributed by atoms with Crippen molar-refractivity contribution < 1.29 is 9.53 Å². The van der Waals surface area contributed by atoms with Gasteiger partial charge in [0.2, 0.25) is 11.8 Å². The maximum Gasteiger partial charge on any atom is 0.261 e. The maximum atomic E-state index is 12.7. The summed E-state index contributed by atoms with van der Waals surface area (Å²) in [7, 11) is 0. The minimum absolute atomic E-state index is 0.0155. The number of ether oxygens (including phenoxy) is 1. The van der Waals surface area contributed by atoms with Crippen LogP contribution in [-0.4, -0.2) is 49.5 Å². The Kier molecular flexibility index (Phi) is 5.03. The number of fused-ring (bicyclic) bond motifs is 2. The highest BCUT2D eigenvalue weighted by atomic mass is 16.5. The second-order valence-electron chi connectivity index (χ2n) is 7.59. The first-order valence-electron chi connectivity index (χ1n) is 10.3. The number of piperidine rings is 1. The topological polar surface area (TPSA) is 90.2 Å². The Hall–Kier alpha value is -3.81. The summed E-state index contributed by atoms with van der Waals surface area (Å²) < 4.78 is 7.37. The van der Waals surface area contributed by atoms with Crippen molar-refractivity contribution in [3.8, 4) is 5.88 Å². The lowest BCUT2D eigenvalue weighted by atomic mass is 10.1. The highest BCUT2D eigenvalue weighted by Gasteiger charge is 2.25. The van der Waals surface area contributed by atoms with E-state index in [1.165, 1.54) is 10.9 Å². The Bertz CT molecular complexity index is 1310. The number of amides is 1. The molecule has 2 aromatic carbocycles. The van der Waals surface area contributed by atoms with E-state index in [4.69, 9.17) is 4.74 Å². The van der Waals surface area contributed by atoms with Gasteiger partial charge in [0.05, 0.1) is 34.5 Å². The molecule has 2 aromatic heterocycles. The van der Waals surface area contributed by atoms with Gasteiger partial charge < -0.3 is 9.64 Å². The van der Waals surface area contributed by atoms with Crippen LogP contribution < -0.4 is 10.3 Å². The number of likely N-dealkylation sites (tertiary alicyclic amines) is 1. The summed E-state index contributed by atoms with van der Waals surface area (Å²) in [5.41, 5.74) is 2.05. The van der Waals surface area contributed by atoms with Gasteiger partial charge in [-0.05, 0) is 24.3 Å². The van der Waals surface area contributed by atoms with Crippen LogP contribution in [-0.2, 0) is 11.3 Å². The summed E-state index contributed by atoms with van der Waals surface area (Å²) in [6, 6.07) is 14.8. The Morgan fingerprint density at radius 3 is 2.48 bits per heavy atom. The summed E-state index contributed by atoms with van der Waals surface area (Å²) in [6.45, 7) is 1.12. The first kappa shape index (κ1) is 19.2. The van der Waals surface area contributed by atoms with E-state index in [0.29, 0.717) is 42.7 Å². The normalized spacial score (nSPS) is 14.8. The zero-order chi connectivity index (χ0) is 21.2. The highest BCUT2D eigenvalue weighted by Crippen LogP contribution is 2.19. The van der Waals surface area contributed by atoms with Crippen LogP contribution in [0.2, 0.25) is 0 Å². The van der Waals surface area contributed by atoms with Crippen LogP contribution in [0.3, 0.4) is 0 Å². The number of benzene rings is 2. The highest BCUT2D eigenvalue weighted by molar-refractivity contribution is 5.79. The fourth-order valence-corrected chi connectivity index (χ4v) is 3.86. The Morgan fingerprint density at radius 1 is 0.968 bits per heavy atom. The molecular formula is C23H21N5O3. The minimum Gasteiger partial charge on any atom is -0.473 e. The quantitative estimate of drug-likeness (QED) is 0.508. The third-order valence-electron chi connectivity index (χ3n) is 5.55. The van der Waals surface area contributed by atoms with Crippen molar-refractivity contribution in [3.63, 3.8) is 0 Å². The molecule has 1 aliphatic rings. The predicted octanol–water partition coefficient (Wildman–Crippen LogP) is 2.41. The molecule has 0 radical (unpaired) electrons. The largest absolute Gasteiger partial charge is 0.473 e. The molecule has 0 spiro atoms. The summed E-state index contributed by atoms with van der Waals surface area (Å²) in [5, 5.41) is 0.515. The fourth-order valence-electron chi connectivity index (χ4n) is 3.86. The van der Waals surface area contributed by atoms with Gasteiger partial charge in [-0.1, -0.05) is 24.3 Å². The molecule has 0 atom stereocenters. The molecule has 31 heavy (non-hydrogen) atoms. The van der Waals surface area contributed by atoms with Gasteiger partial charge in [-0.25, -0.2) is 15.0 Å². The molecule has 0 saturated carbocycles. The van der Waals surface area contributed by atoms with Crippen LogP contribution in [0.5, 0.6) is 5.88 Å². The van der Waals surface area contributed by atoms with Crippen molar-refractivity contribution in [1.29, 1.82) is 0 Å². The number of hydrogen-bond acceptors (Lipinski definition) is 6. The monoisotopic (exact) mass is 415 g/mol. The van der Waals surface area contributed by atoms with Crippen LogP contribution in [0, 0.1) is 0 Å². The fraction of sp³-hybridized carbons (Fsp3) is 0.261. The van der Waals surface area contributed by atoms with Gasteiger partial charge in [0, 0.05) is 25.9 Å². The Morgan fingerprint density at radius 2 is 1.68 bits per heavy atom. The molecule has 1 aliphatic heterocycles. The molecule has 0 N–H and O–H groups in total. The molecular weight excluding hydrogens is 394 g/mol. The molecule has 156 valence electrons. The summed E-state index contributed by atoms with van der Waals surface area (Å²) in [6.07, 6.45) is 4.45. The second kappa shape index (κ2) is 8.14. The van der Waals surface area contributed by atoms with Gasteiger partial charge in [0.25, 0.3) is 5.56 Å². The number of para-hydroxylation sites is 3. The van der Waals surface area contributed by atoms with Gasteiger partial charge >= 0.3 is 0 Å². The van der Waals surface area contributed by atoms with Gasteiger partial charge in [0.15, 0.2) is 0 Å². The molecule has 0 unspecified atom stereocenters. The van der Waals surface area contributed by atoms with Crippen LogP contribution in [0.25, 0.3) is 21.9 Å². The van der Waals surface area contributed by atoms with Crippen molar-refractivity contribution in [3.05, 3.63) is 71.4 Å². The van der Waals surface area contributed by atoms with Crippen LogP contribution in [0.1, 0.15) is 12.8 Å². The predicted molar refractivity (Wildman–Crippen MR) is 116 cm³/mol. The van der Waals surface area contributed by atoms with Gasteiger partial charge in [0.1, 0.15) is 12.6 Å². The lowest BCUT2D eigenvalue weighted by Crippen LogP contribution is -2.44. The molecule has 1 saturated heterocycles. The van der Waals surface area contributed by atoms with E-state index in [0.717, 1.165) is 11.0 Å². The van der Waals surface area contributed by atoms with Crippen LogP contribution in [0.4, 0.5) is 0 Å². The molecule has 1 fully saturated rings. The van der Waals surface area contributed by atoms with Crippen molar-refractivity contribution in [2.45, 2.75) is 25.5 Å². The molecule has 0 bridgehead atoms. The zero-order valence-corrected chi connectivity index (χ0v) is 16.8. The van der Waals surface area contributed by atoms with E-state index in [1.807, 2.05) is 30.3 Å².